The zero-order valence-electron chi connectivity index (χ0n) is 10.3. The SMILES string of the molecule is CCCC(=O)NCCc1ccc2oc(=O)[nH]c2c1. The quantitative estimate of drug-likeness (QED) is 0.843. The average Bonchev–Trinajstić information content (AvgIpc) is 2.69. The number of carbonyl (C=O) groups excluding carboxylic acids is 1. The summed E-state index contributed by atoms with van der Waals surface area (Å²) in [7, 11) is 0. The molecule has 5 nitrogen and oxygen atoms in total. The fourth-order valence-corrected chi connectivity index (χ4v) is 1.82. The summed E-state index contributed by atoms with van der Waals surface area (Å²) in [6, 6.07) is 5.52. The van der Waals surface area contributed by atoms with Crippen molar-refractivity contribution in [1.29, 1.82) is 0 Å². The molecule has 0 bridgehead atoms. The van der Waals surface area contributed by atoms with Gasteiger partial charge in [-0.15, -0.1) is 0 Å². The zero-order chi connectivity index (χ0) is 13.0. The predicted octanol–water partition coefficient (Wildman–Crippen LogP) is 1.58. The number of fused-ring (bicyclic) bond motifs is 1. The van der Waals surface area contributed by atoms with E-state index in [1.807, 2.05) is 19.1 Å². The molecule has 18 heavy (non-hydrogen) atoms. The predicted molar refractivity (Wildman–Crippen MR) is 68.5 cm³/mol. The van der Waals surface area contributed by atoms with E-state index in [0.717, 1.165) is 18.4 Å². The van der Waals surface area contributed by atoms with Gasteiger partial charge in [0.05, 0.1) is 5.52 Å². The number of hydrogen-bond donors (Lipinski definition) is 2. The fourth-order valence-electron chi connectivity index (χ4n) is 1.82. The van der Waals surface area contributed by atoms with Crippen molar-refractivity contribution in [3.05, 3.63) is 34.3 Å². The van der Waals surface area contributed by atoms with Crippen LogP contribution >= 0.6 is 0 Å². The summed E-state index contributed by atoms with van der Waals surface area (Å²) in [6.45, 7) is 2.58. The average molecular weight is 248 g/mol. The summed E-state index contributed by atoms with van der Waals surface area (Å²) in [5.74, 6) is -0.367. The molecule has 0 saturated carbocycles. The highest BCUT2D eigenvalue weighted by Gasteiger charge is 2.03. The van der Waals surface area contributed by atoms with Gasteiger partial charge in [0.1, 0.15) is 0 Å². The molecule has 0 unspecified atom stereocenters. The van der Waals surface area contributed by atoms with Crippen molar-refractivity contribution in [2.75, 3.05) is 6.54 Å². The van der Waals surface area contributed by atoms with Crippen molar-refractivity contribution >= 4 is 17.0 Å². The van der Waals surface area contributed by atoms with Gasteiger partial charge in [-0.25, -0.2) is 4.79 Å². The summed E-state index contributed by atoms with van der Waals surface area (Å²) >= 11 is 0. The van der Waals surface area contributed by atoms with E-state index in [0.29, 0.717) is 24.1 Å². The van der Waals surface area contributed by atoms with Crippen molar-refractivity contribution in [3.63, 3.8) is 0 Å². The molecule has 0 fully saturated rings. The molecule has 0 atom stereocenters. The fraction of sp³-hybridized carbons (Fsp3) is 0.385. The van der Waals surface area contributed by atoms with Gasteiger partial charge in [-0.3, -0.25) is 9.78 Å². The van der Waals surface area contributed by atoms with Crippen LogP contribution in [0.4, 0.5) is 0 Å². The molecule has 96 valence electrons. The maximum absolute atomic E-state index is 11.3. The minimum atomic E-state index is -0.446. The zero-order valence-corrected chi connectivity index (χ0v) is 10.3. The van der Waals surface area contributed by atoms with E-state index in [1.54, 1.807) is 6.07 Å². The number of carbonyl (C=O) groups is 1. The van der Waals surface area contributed by atoms with Crippen LogP contribution < -0.4 is 11.1 Å². The summed E-state index contributed by atoms with van der Waals surface area (Å²) in [5, 5.41) is 2.85. The van der Waals surface area contributed by atoms with Crippen LogP contribution in [-0.2, 0) is 11.2 Å². The lowest BCUT2D eigenvalue weighted by Gasteiger charge is -2.04. The number of amides is 1. The standard InChI is InChI=1S/C13H16N2O3/c1-2-3-12(16)14-7-6-9-4-5-11-10(8-9)15-13(17)18-11/h4-5,8H,2-3,6-7H2,1H3,(H,14,16)(H,15,17). The van der Waals surface area contributed by atoms with E-state index in [9.17, 15) is 9.59 Å². The maximum atomic E-state index is 11.3. The van der Waals surface area contributed by atoms with E-state index in [1.165, 1.54) is 0 Å². The lowest BCUT2D eigenvalue weighted by molar-refractivity contribution is -0.121. The van der Waals surface area contributed by atoms with Gasteiger partial charge in [-0.2, -0.15) is 0 Å². The second kappa shape index (κ2) is 5.53. The van der Waals surface area contributed by atoms with Crippen LogP contribution in [0, 0.1) is 0 Å². The normalized spacial score (nSPS) is 10.7. The number of rotatable bonds is 5. The maximum Gasteiger partial charge on any atom is 0.417 e. The molecule has 2 rings (SSSR count). The highest BCUT2D eigenvalue weighted by molar-refractivity contribution is 5.76. The number of aromatic amines is 1. The number of benzene rings is 1. The molecule has 1 amide bonds. The Labute approximate surface area is 104 Å². The number of aromatic nitrogens is 1. The van der Waals surface area contributed by atoms with Crippen LogP contribution in [-0.4, -0.2) is 17.4 Å². The lowest BCUT2D eigenvalue weighted by Crippen LogP contribution is -2.25. The van der Waals surface area contributed by atoms with Crippen LogP contribution in [0.25, 0.3) is 11.1 Å². The smallest absolute Gasteiger partial charge is 0.408 e. The molecular formula is C13H16N2O3. The molecule has 0 aliphatic carbocycles. The first-order chi connectivity index (χ1) is 8.69. The third-order valence-corrected chi connectivity index (χ3v) is 2.70. The Hall–Kier alpha value is -2.04. The Morgan fingerprint density at radius 1 is 1.44 bits per heavy atom. The van der Waals surface area contributed by atoms with Crippen molar-refractivity contribution in [1.82, 2.24) is 10.3 Å². The molecule has 2 aromatic rings. The van der Waals surface area contributed by atoms with Crippen LogP contribution in [0.5, 0.6) is 0 Å². The molecular weight excluding hydrogens is 232 g/mol. The molecule has 0 saturated heterocycles. The summed E-state index contributed by atoms with van der Waals surface area (Å²) < 4.78 is 4.92. The molecule has 0 aliphatic rings. The van der Waals surface area contributed by atoms with E-state index in [4.69, 9.17) is 4.42 Å². The van der Waals surface area contributed by atoms with Gasteiger partial charge in [0.2, 0.25) is 5.91 Å². The van der Waals surface area contributed by atoms with E-state index in [2.05, 4.69) is 10.3 Å². The Morgan fingerprint density at radius 3 is 3.06 bits per heavy atom. The van der Waals surface area contributed by atoms with Crippen LogP contribution in [0.15, 0.2) is 27.4 Å². The molecule has 1 aromatic heterocycles. The molecule has 1 aromatic carbocycles. The lowest BCUT2D eigenvalue weighted by atomic mass is 10.1. The Bertz CT molecular complexity index is 598. The van der Waals surface area contributed by atoms with Crippen LogP contribution in [0.1, 0.15) is 25.3 Å². The van der Waals surface area contributed by atoms with E-state index < -0.39 is 5.76 Å². The van der Waals surface area contributed by atoms with Gasteiger partial charge in [0, 0.05) is 13.0 Å². The first-order valence-electron chi connectivity index (χ1n) is 6.07. The minimum absolute atomic E-state index is 0.0790. The first kappa shape index (κ1) is 12.4. The monoisotopic (exact) mass is 248 g/mol. The van der Waals surface area contributed by atoms with Gasteiger partial charge < -0.3 is 9.73 Å². The summed E-state index contributed by atoms with van der Waals surface area (Å²) in [6.07, 6.45) is 2.15. The van der Waals surface area contributed by atoms with E-state index >= 15 is 0 Å². The van der Waals surface area contributed by atoms with Gasteiger partial charge >= 0.3 is 5.76 Å². The van der Waals surface area contributed by atoms with Crippen molar-refractivity contribution in [3.8, 4) is 0 Å². The Morgan fingerprint density at radius 2 is 2.28 bits per heavy atom. The van der Waals surface area contributed by atoms with Crippen LogP contribution in [0.3, 0.4) is 0 Å². The molecule has 0 spiro atoms. The molecule has 5 heteroatoms. The summed E-state index contributed by atoms with van der Waals surface area (Å²) in [5.41, 5.74) is 2.30. The van der Waals surface area contributed by atoms with Gasteiger partial charge in [0.25, 0.3) is 0 Å². The number of oxazole rings is 1. The second-order valence-corrected chi connectivity index (χ2v) is 4.19. The third-order valence-electron chi connectivity index (χ3n) is 2.70. The van der Waals surface area contributed by atoms with Crippen molar-refractivity contribution in [2.45, 2.75) is 26.2 Å². The van der Waals surface area contributed by atoms with Crippen LogP contribution in [0.2, 0.25) is 0 Å². The van der Waals surface area contributed by atoms with Gasteiger partial charge in [-0.1, -0.05) is 13.0 Å². The van der Waals surface area contributed by atoms with E-state index in [-0.39, 0.29) is 5.91 Å². The second-order valence-electron chi connectivity index (χ2n) is 4.19. The topological polar surface area (TPSA) is 75.1 Å². The minimum Gasteiger partial charge on any atom is -0.408 e. The van der Waals surface area contributed by atoms with Gasteiger partial charge in [0.15, 0.2) is 5.58 Å². The number of nitrogens with one attached hydrogen (secondary N) is 2. The van der Waals surface area contributed by atoms with Crippen molar-refractivity contribution < 1.29 is 9.21 Å². The highest BCUT2D eigenvalue weighted by atomic mass is 16.4. The molecule has 0 radical (unpaired) electrons. The largest absolute Gasteiger partial charge is 0.417 e. The van der Waals surface area contributed by atoms with Crippen molar-refractivity contribution in [2.24, 2.45) is 0 Å². The first-order valence-corrected chi connectivity index (χ1v) is 6.07. The Kier molecular flexibility index (Phi) is 3.82. The Balaban J connectivity index is 1.95. The molecule has 2 N–H and O–H groups in total. The molecule has 1 heterocycles. The highest BCUT2D eigenvalue weighted by Crippen LogP contribution is 2.12. The molecule has 0 aliphatic heterocycles. The number of hydrogen-bond acceptors (Lipinski definition) is 3. The third kappa shape index (κ3) is 3.00. The van der Waals surface area contributed by atoms with Gasteiger partial charge in [-0.05, 0) is 30.5 Å². The number of H-pyrrole nitrogens is 1. The summed E-state index contributed by atoms with van der Waals surface area (Å²) in [4.78, 5) is 24.9.